The molecule has 0 saturated carbocycles. The average molecular weight is 458 g/mol. The number of hydrogen-bond acceptors (Lipinski definition) is 8. The number of allylic oxidation sites excluding steroid dienone is 1. The van der Waals surface area contributed by atoms with E-state index in [1.54, 1.807) is 6.20 Å². The van der Waals surface area contributed by atoms with Gasteiger partial charge in [0, 0.05) is 49.7 Å². The number of nitrogens with zero attached hydrogens (tertiary/aromatic N) is 7. The van der Waals surface area contributed by atoms with Gasteiger partial charge in [0.1, 0.15) is 12.1 Å². The molecule has 0 radical (unpaired) electrons. The normalized spacial score (nSPS) is 16.1. The first-order chi connectivity index (χ1) is 16.7. The van der Waals surface area contributed by atoms with E-state index in [0.717, 1.165) is 79.3 Å². The van der Waals surface area contributed by atoms with Crippen LogP contribution in [0.15, 0.2) is 49.2 Å². The van der Waals surface area contributed by atoms with E-state index in [1.807, 2.05) is 24.5 Å². The molecule has 0 amide bonds. The summed E-state index contributed by atoms with van der Waals surface area (Å²) in [5.74, 6) is 1.09. The maximum absolute atomic E-state index is 14.6. The van der Waals surface area contributed by atoms with Crippen molar-refractivity contribution in [2.75, 3.05) is 36.4 Å². The number of halogens is 1. The van der Waals surface area contributed by atoms with E-state index < -0.39 is 5.82 Å². The lowest BCUT2D eigenvalue weighted by Gasteiger charge is -2.28. The standard InChI is InChI=1S/C24H24FN9/c25-20-11-16(14-34-23(20)29-15-30-34)18-3-1-2-4-21-19(18)13-28-24(32-21)31-17-5-6-22(27-12-17)33-9-7-26-8-10-33/h3,5-6,11-15,26H,1-2,4,7-10H2,(H,28,31,32). The topological polar surface area (TPSA) is 96.2 Å². The lowest BCUT2D eigenvalue weighted by Crippen LogP contribution is -2.43. The van der Waals surface area contributed by atoms with Crippen LogP contribution in [0, 0.1) is 5.82 Å². The molecule has 4 aromatic heterocycles. The number of aromatic nitrogens is 6. The average Bonchev–Trinajstić information content (AvgIpc) is 3.25. The number of pyridine rings is 2. The lowest BCUT2D eigenvalue weighted by atomic mass is 9.99. The van der Waals surface area contributed by atoms with E-state index in [9.17, 15) is 4.39 Å². The second-order valence-electron chi connectivity index (χ2n) is 8.44. The maximum Gasteiger partial charge on any atom is 0.227 e. The molecule has 2 N–H and O–H groups in total. The summed E-state index contributed by atoms with van der Waals surface area (Å²) in [6.07, 6.45) is 11.6. The van der Waals surface area contributed by atoms with E-state index in [4.69, 9.17) is 4.98 Å². The van der Waals surface area contributed by atoms with E-state index in [2.05, 4.69) is 41.7 Å². The Morgan fingerprint density at radius 1 is 1.06 bits per heavy atom. The zero-order chi connectivity index (χ0) is 22.9. The number of fused-ring (bicyclic) bond motifs is 2. The van der Waals surface area contributed by atoms with Crippen molar-refractivity contribution in [2.24, 2.45) is 0 Å². The van der Waals surface area contributed by atoms with E-state index in [-0.39, 0.29) is 5.65 Å². The van der Waals surface area contributed by atoms with Crippen molar-refractivity contribution in [3.8, 4) is 0 Å². The van der Waals surface area contributed by atoms with Crippen molar-refractivity contribution in [1.29, 1.82) is 0 Å². The largest absolute Gasteiger partial charge is 0.354 e. The molecule has 0 bridgehead atoms. The molecule has 172 valence electrons. The highest BCUT2D eigenvalue weighted by atomic mass is 19.1. The lowest BCUT2D eigenvalue weighted by molar-refractivity contribution is 0.585. The highest BCUT2D eigenvalue weighted by molar-refractivity contribution is 5.81. The molecule has 0 aromatic carbocycles. The van der Waals surface area contributed by atoms with Crippen LogP contribution in [-0.2, 0) is 6.42 Å². The summed E-state index contributed by atoms with van der Waals surface area (Å²) in [6.45, 7) is 3.86. The minimum atomic E-state index is -0.405. The van der Waals surface area contributed by atoms with E-state index >= 15 is 0 Å². The molecule has 4 aromatic rings. The number of rotatable bonds is 4. The third-order valence-corrected chi connectivity index (χ3v) is 6.21. The fourth-order valence-corrected chi connectivity index (χ4v) is 4.50. The Morgan fingerprint density at radius 2 is 1.97 bits per heavy atom. The molecule has 34 heavy (non-hydrogen) atoms. The SMILES string of the molecule is Fc1cc(C2=CCCCc3nc(Nc4ccc(N5CCNCC5)nc4)ncc32)cn2ncnc12. The third-order valence-electron chi connectivity index (χ3n) is 6.21. The van der Waals surface area contributed by atoms with Crippen molar-refractivity contribution >= 4 is 28.7 Å². The molecule has 1 aliphatic heterocycles. The highest BCUT2D eigenvalue weighted by Crippen LogP contribution is 2.31. The predicted octanol–water partition coefficient (Wildman–Crippen LogP) is 2.97. The quantitative estimate of drug-likeness (QED) is 0.483. The van der Waals surface area contributed by atoms with Gasteiger partial charge in [-0.2, -0.15) is 5.10 Å². The monoisotopic (exact) mass is 457 g/mol. The van der Waals surface area contributed by atoms with Crippen molar-refractivity contribution in [3.05, 3.63) is 71.8 Å². The summed E-state index contributed by atoms with van der Waals surface area (Å²) in [5.41, 5.74) is 4.54. The second-order valence-corrected chi connectivity index (χ2v) is 8.44. The Kier molecular flexibility index (Phi) is 5.34. The summed E-state index contributed by atoms with van der Waals surface area (Å²) < 4.78 is 16.0. The van der Waals surface area contributed by atoms with Crippen LogP contribution in [0.25, 0.3) is 11.2 Å². The number of nitrogens with one attached hydrogen (secondary N) is 2. The second kappa shape index (κ2) is 8.79. The van der Waals surface area contributed by atoms with Gasteiger partial charge in [-0.15, -0.1) is 0 Å². The summed E-state index contributed by atoms with van der Waals surface area (Å²) in [6, 6.07) is 5.52. The molecule has 5 heterocycles. The maximum atomic E-state index is 14.6. The first-order valence-electron chi connectivity index (χ1n) is 11.5. The number of anilines is 3. The molecule has 0 unspecified atom stereocenters. The molecule has 1 fully saturated rings. The molecule has 10 heteroatoms. The summed E-state index contributed by atoms with van der Waals surface area (Å²) >= 11 is 0. The number of hydrogen-bond donors (Lipinski definition) is 2. The Labute approximate surface area is 195 Å². The molecule has 1 aliphatic carbocycles. The molecular weight excluding hydrogens is 433 g/mol. The van der Waals surface area contributed by atoms with Crippen LogP contribution in [0.5, 0.6) is 0 Å². The molecule has 6 rings (SSSR count). The number of aryl methyl sites for hydroxylation is 1. The molecule has 1 saturated heterocycles. The van der Waals surface area contributed by atoms with Crippen molar-refractivity contribution < 1.29 is 4.39 Å². The van der Waals surface area contributed by atoms with Crippen LogP contribution in [-0.4, -0.2) is 55.7 Å². The van der Waals surface area contributed by atoms with Gasteiger partial charge < -0.3 is 15.5 Å². The van der Waals surface area contributed by atoms with Crippen LogP contribution in [0.4, 0.5) is 21.8 Å². The zero-order valence-electron chi connectivity index (χ0n) is 18.6. The first kappa shape index (κ1) is 20.7. The van der Waals surface area contributed by atoms with Gasteiger partial charge in [-0.05, 0) is 43.0 Å². The zero-order valence-corrected chi connectivity index (χ0v) is 18.6. The molecule has 0 atom stereocenters. The molecule has 0 spiro atoms. The number of piperazine rings is 1. The van der Waals surface area contributed by atoms with Crippen LogP contribution in [0.2, 0.25) is 0 Å². The minimum Gasteiger partial charge on any atom is -0.354 e. The smallest absolute Gasteiger partial charge is 0.227 e. The Hall–Kier alpha value is -3.92. The molecule has 9 nitrogen and oxygen atoms in total. The van der Waals surface area contributed by atoms with Gasteiger partial charge in [0.2, 0.25) is 5.95 Å². The summed E-state index contributed by atoms with van der Waals surface area (Å²) in [4.78, 5) is 20.2. The fraction of sp³-hybridized carbons (Fsp3) is 0.292. The fourth-order valence-electron chi connectivity index (χ4n) is 4.50. The summed E-state index contributed by atoms with van der Waals surface area (Å²) in [7, 11) is 0. The minimum absolute atomic E-state index is 0.213. The molecule has 2 aliphatic rings. The van der Waals surface area contributed by atoms with Gasteiger partial charge in [-0.25, -0.2) is 28.8 Å². The Bertz CT molecular complexity index is 1360. The third kappa shape index (κ3) is 3.96. The molecular formula is C24H24FN9. The van der Waals surface area contributed by atoms with Crippen LogP contribution in [0.3, 0.4) is 0 Å². The Morgan fingerprint density at radius 3 is 2.82 bits per heavy atom. The van der Waals surface area contributed by atoms with Crippen LogP contribution < -0.4 is 15.5 Å². The van der Waals surface area contributed by atoms with E-state index in [1.165, 1.54) is 16.9 Å². The van der Waals surface area contributed by atoms with Gasteiger partial charge in [0.15, 0.2) is 11.5 Å². The van der Waals surface area contributed by atoms with Gasteiger partial charge in [-0.1, -0.05) is 6.08 Å². The van der Waals surface area contributed by atoms with Crippen molar-refractivity contribution in [2.45, 2.75) is 19.3 Å². The Balaban J connectivity index is 1.26. The van der Waals surface area contributed by atoms with Crippen LogP contribution in [0.1, 0.15) is 29.7 Å². The highest BCUT2D eigenvalue weighted by Gasteiger charge is 2.18. The van der Waals surface area contributed by atoms with Crippen LogP contribution >= 0.6 is 0 Å². The van der Waals surface area contributed by atoms with Gasteiger partial charge in [0.05, 0.1) is 17.6 Å². The van der Waals surface area contributed by atoms with Crippen molar-refractivity contribution in [3.63, 3.8) is 0 Å². The summed E-state index contributed by atoms with van der Waals surface area (Å²) in [5, 5.41) is 10.7. The van der Waals surface area contributed by atoms with Gasteiger partial charge in [-0.3, -0.25) is 0 Å². The van der Waals surface area contributed by atoms with Gasteiger partial charge in [0.25, 0.3) is 0 Å². The van der Waals surface area contributed by atoms with Crippen molar-refractivity contribution in [1.82, 2.24) is 34.9 Å². The van der Waals surface area contributed by atoms with E-state index in [0.29, 0.717) is 5.95 Å². The predicted molar refractivity (Wildman–Crippen MR) is 128 cm³/mol. The van der Waals surface area contributed by atoms with Gasteiger partial charge >= 0.3 is 0 Å². The first-order valence-corrected chi connectivity index (χ1v) is 11.5.